The van der Waals surface area contributed by atoms with E-state index in [1.54, 1.807) is 12.1 Å². The molecule has 8 heteroatoms. The van der Waals surface area contributed by atoms with Crippen LogP contribution in [0.25, 0.3) is 0 Å². The van der Waals surface area contributed by atoms with Crippen molar-refractivity contribution in [3.63, 3.8) is 0 Å². The Balaban J connectivity index is 1.94. The van der Waals surface area contributed by atoms with Crippen LogP contribution in [0.15, 0.2) is 12.1 Å². The van der Waals surface area contributed by atoms with Crippen LogP contribution in [0.3, 0.4) is 0 Å². The summed E-state index contributed by atoms with van der Waals surface area (Å²) in [5.74, 6) is -0.447. The van der Waals surface area contributed by atoms with Crippen molar-refractivity contribution in [2.45, 2.75) is 6.04 Å². The van der Waals surface area contributed by atoms with Crippen molar-refractivity contribution >= 4 is 34.8 Å². The van der Waals surface area contributed by atoms with Crippen LogP contribution in [-0.4, -0.2) is 56.2 Å². The monoisotopic (exact) mass is 318 g/mol. The number of nitrogens with zero attached hydrogens (tertiary/aromatic N) is 1. The Labute approximate surface area is 125 Å². The number of carbonyl (C=O) groups excluding carboxylic acids is 2. The summed E-state index contributed by atoms with van der Waals surface area (Å²) in [6.07, 6.45) is 0. The third-order valence-corrected chi connectivity index (χ3v) is 4.01. The predicted molar refractivity (Wildman–Crippen MR) is 75.2 cm³/mol. The number of hydrogen-bond donors (Lipinski definition) is 1. The molecule has 110 valence electrons. The number of halogens is 1. The van der Waals surface area contributed by atoms with Crippen LogP contribution in [0.4, 0.5) is 0 Å². The minimum atomic E-state index is -0.600. The molecule has 1 saturated heterocycles. The zero-order valence-corrected chi connectivity index (χ0v) is 12.5. The Hall–Kier alpha value is -1.31. The van der Waals surface area contributed by atoms with Crippen LogP contribution in [0.2, 0.25) is 4.34 Å². The Morgan fingerprint density at radius 1 is 1.60 bits per heavy atom. The number of amides is 2. The molecule has 1 N–H and O–H groups in total. The molecule has 1 unspecified atom stereocenters. The molecule has 1 aliphatic heterocycles. The lowest BCUT2D eigenvalue weighted by atomic mass is 10.2. The van der Waals surface area contributed by atoms with E-state index in [2.05, 4.69) is 5.32 Å². The molecule has 1 aromatic rings. The van der Waals surface area contributed by atoms with E-state index in [9.17, 15) is 9.59 Å². The van der Waals surface area contributed by atoms with Crippen LogP contribution in [0.5, 0.6) is 5.06 Å². The van der Waals surface area contributed by atoms with E-state index < -0.39 is 6.04 Å². The van der Waals surface area contributed by atoms with Gasteiger partial charge in [-0.05, 0) is 12.1 Å². The van der Waals surface area contributed by atoms with Gasteiger partial charge in [-0.1, -0.05) is 22.9 Å². The van der Waals surface area contributed by atoms with E-state index in [-0.39, 0.29) is 25.0 Å². The minimum absolute atomic E-state index is 0.121. The number of ether oxygens (including phenoxy) is 2. The fourth-order valence-corrected chi connectivity index (χ4v) is 2.80. The SMILES string of the molecule is COCC1C(=O)NCCN1C(=O)COc1ccc(Cl)s1. The van der Waals surface area contributed by atoms with Gasteiger partial charge in [-0.15, -0.1) is 0 Å². The van der Waals surface area contributed by atoms with E-state index in [4.69, 9.17) is 21.1 Å². The molecule has 1 fully saturated rings. The first-order chi connectivity index (χ1) is 9.61. The smallest absolute Gasteiger partial charge is 0.261 e. The summed E-state index contributed by atoms with van der Waals surface area (Å²) >= 11 is 7.04. The molecule has 0 saturated carbocycles. The first-order valence-electron chi connectivity index (χ1n) is 6.06. The van der Waals surface area contributed by atoms with Crippen LogP contribution in [-0.2, 0) is 14.3 Å². The predicted octanol–water partition coefficient (Wildman–Crippen LogP) is 0.754. The van der Waals surface area contributed by atoms with Gasteiger partial charge in [-0.3, -0.25) is 9.59 Å². The van der Waals surface area contributed by atoms with Crippen molar-refractivity contribution in [1.82, 2.24) is 10.2 Å². The van der Waals surface area contributed by atoms with Gasteiger partial charge < -0.3 is 19.7 Å². The van der Waals surface area contributed by atoms with Crippen molar-refractivity contribution in [2.75, 3.05) is 33.4 Å². The number of thiophene rings is 1. The van der Waals surface area contributed by atoms with Crippen LogP contribution in [0.1, 0.15) is 0 Å². The summed E-state index contributed by atoms with van der Waals surface area (Å²) in [5, 5.41) is 3.29. The molecule has 0 bridgehead atoms. The van der Waals surface area contributed by atoms with Gasteiger partial charge >= 0.3 is 0 Å². The second-order valence-electron chi connectivity index (χ2n) is 4.20. The Bertz CT molecular complexity index is 494. The zero-order valence-electron chi connectivity index (χ0n) is 10.9. The molecule has 2 heterocycles. The third kappa shape index (κ3) is 3.62. The average Bonchev–Trinajstić information content (AvgIpc) is 2.84. The Kier molecular flexibility index (Phi) is 5.22. The molecule has 0 aromatic carbocycles. The number of carbonyl (C=O) groups is 2. The molecule has 20 heavy (non-hydrogen) atoms. The number of hydrogen-bond acceptors (Lipinski definition) is 5. The first-order valence-corrected chi connectivity index (χ1v) is 7.25. The van der Waals surface area contributed by atoms with Crippen molar-refractivity contribution in [3.05, 3.63) is 16.5 Å². The number of rotatable bonds is 5. The summed E-state index contributed by atoms with van der Waals surface area (Å²) in [5.41, 5.74) is 0. The Morgan fingerprint density at radius 3 is 3.05 bits per heavy atom. The highest BCUT2D eigenvalue weighted by atomic mass is 35.5. The summed E-state index contributed by atoms with van der Waals surface area (Å²) in [6, 6.07) is 2.81. The highest BCUT2D eigenvalue weighted by Gasteiger charge is 2.33. The second kappa shape index (κ2) is 6.92. The zero-order chi connectivity index (χ0) is 14.5. The van der Waals surface area contributed by atoms with E-state index >= 15 is 0 Å². The lowest BCUT2D eigenvalue weighted by Gasteiger charge is -2.34. The normalized spacial score (nSPS) is 18.8. The largest absolute Gasteiger partial charge is 0.474 e. The average molecular weight is 319 g/mol. The van der Waals surface area contributed by atoms with E-state index in [0.29, 0.717) is 22.5 Å². The molecule has 2 rings (SSSR count). The van der Waals surface area contributed by atoms with Crippen LogP contribution >= 0.6 is 22.9 Å². The Morgan fingerprint density at radius 2 is 2.40 bits per heavy atom. The minimum Gasteiger partial charge on any atom is -0.474 e. The highest BCUT2D eigenvalue weighted by Crippen LogP contribution is 2.28. The number of methoxy groups -OCH3 is 1. The molecule has 2 amide bonds. The van der Waals surface area contributed by atoms with Crippen molar-refractivity contribution in [1.29, 1.82) is 0 Å². The maximum Gasteiger partial charge on any atom is 0.261 e. The quantitative estimate of drug-likeness (QED) is 0.870. The lowest BCUT2D eigenvalue weighted by Crippen LogP contribution is -2.59. The van der Waals surface area contributed by atoms with Crippen LogP contribution < -0.4 is 10.1 Å². The van der Waals surface area contributed by atoms with E-state index in [1.165, 1.54) is 23.3 Å². The van der Waals surface area contributed by atoms with Gasteiger partial charge in [-0.2, -0.15) is 0 Å². The summed E-state index contributed by atoms with van der Waals surface area (Å²) < 4.78 is 11.0. The maximum atomic E-state index is 12.1. The first kappa shape index (κ1) is 15.1. The molecule has 0 spiro atoms. The van der Waals surface area contributed by atoms with Crippen LogP contribution in [0, 0.1) is 0 Å². The van der Waals surface area contributed by atoms with Gasteiger partial charge in [0.2, 0.25) is 5.91 Å². The second-order valence-corrected chi connectivity index (χ2v) is 5.87. The topological polar surface area (TPSA) is 67.9 Å². The molecule has 0 aliphatic carbocycles. The molecular weight excluding hydrogens is 304 g/mol. The van der Waals surface area contributed by atoms with Gasteiger partial charge in [0.05, 0.1) is 10.9 Å². The summed E-state index contributed by atoms with van der Waals surface area (Å²) in [6.45, 7) is 0.940. The molecule has 1 aromatic heterocycles. The molecular formula is C12H15ClN2O4S. The molecule has 1 aliphatic rings. The lowest BCUT2D eigenvalue weighted by molar-refractivity contribution is -0.146. The van der Waals surface area contributed by atoms with E-state index in [0.717, 1.165) is 0 Å². The van der Waals surface area contributed by atoms with Crippen molar-refractivity contribution in [2.24, 2.45) is 0 Å². The fraction of sp³-hybridized carbons (Fsp3) is 0.500. The molecule has 0 radical (unpaired) electrons. The highest BCUT2D eigenvalue weighted by molar-refractivity contribution is 7.17. The van der Waals surface area contributed by atoms with Crippen molar-refractivity contribution < 1.29 is 19.1 Å². The van der Waals surface area contributed by atoms with Gasteiger partial charge in [0, 0.05) is 20.2 Å². The van der Waals surface area contributed by atoms with Gasteiger partial charge in [0.1, 0.15) is 6.04 Å². The third-order valence-electron chi connectivity index (χ3n) is 2.86. The fourth-order valence-electron chi connectivity index (χ4n) is 1.93. The standard InChI is InChI=1S/C12H15ClN2O4S/c1-18-6-8-12(17)14-4-5-15(8)10(16)7-19-11-3-2-9(13)20-11/h2-3,8H,4-7H2,1H3,(H,14,17). The number of nitrogens with one attached hydrogen (secondary N) is 1. The number of piperazine rings is 1. The van der Waals surface area contributed by atoms with Gasteiger partial charge in [0.15, 0.2) is 11.7 Å². The molecule has 1 atom stereocenters. The summed E-state index contributed by atoms with van der Waals surface area (Å²) in [7, 11) is 1.49. The van der Waals surface area contributed by atoms with E-state index in [1.807, 2.05) is 0 Å². The van der Waals surface area contributed by atoms with Gasteiger partial charge in [-0.25, -0.2) is 0 Å². The molecule has 6 nitrogen and oxygen atoms in total. The maximum absolute atomic E-state index is 12.1. The van der Waals surface area contributed by atoms with Crippen molar-refractivity contribution in [3.8, 4) is 5.06 Å². The summed E-state index contributed by atoms with van der Waals surface area (Å²) in [4.78, 5) is 25.4. The van der Waals surface area contributed by atoms with Gasteiger partial charge in [0.25, 0.3) is 5.91 Å².